The number of benzene rings is 1. The number of carbonyl (C=O) groups is 1. The second kappa shape index (κ2) is 5.42. The molecule has 1 atom stereocenters. The van der Waals surface area contributed by atoms with Crippen LogP contribution < -0.4 is 0 Å². The quantitative estimate of drug-likeness (QED) is 0.929. The third kappa shape index (κ3) is 3.04. The topological polar surface area (TPSA) is 42.2 Å². The van der Waals surface area contributed by atoms with E-state index in [-0.39, 0.29) is 0 Å². The summed E-state index contributed by atoms with van der Waals surface area (Å²) < 4.78 is 40.1. The molecule has 2 aromatic rings. The number of carboxylic acids is 1. The van der Waals surface area contributed by atoms with Crippen molar-refractivity contribution in [3.05, 3.63) is 35.5 Å². The molecule has 0 saturated carbocycles. The van der Waals surface area contributed by atoms with Crippen LogP contribution in [0.2, 0.25) is 0 Å². The van der Waals surface area contributed by atoms with E-state index in [0.717, 1.165) is 17.8 Å². The van der Waals surface area contributed by atoms with Gasteiger partial charge in [-0.15, -0.1) is 0 Å². The van der Waals surface area contributed by atoms with Gasteiger partial charge in [0.25, 0.3) is 0 Å². The van der Waals surface area contributed by atoms with Gasteiger partial charge >= 0.3 is 12.1 Å². The number of fused-ring (bicyclic) bond motifs is 1. The minimum atomic E-state index is -4.38. The van der Waals surface area contributed by atoms with Crippen LogP contribution in [-0.2, 0) is 23.9 Å². The second-order valence-corrected chi connectivity index (χ2v) is 5.09. The van der Waals surface area contributed by atoms with Gasteiger partial charge in [0.2, 0.25) is 0 Å². The van der Waals surface area contributed by atoms with E-state index in [1.165, 1.54) is 6.07 Å². The number of halogens is 3. The lowest BCUT2D eigenvalue weighted by Gasteiger charge is -2.11. The number of nitrogens with zero attached hydrogens (tertiary/aromatic N) is 1. The van der Waals surface area contributed by atoms with Gasteiger partial charge in [0.05, 0.1) is 11.5 Å². The molecule has 2 rings (SSSR count). The first-order valence-corrected chi connectivity index (χ1v) is 6.66. The van der Waals surface area contributed by atoms with Crippen molar-refractivity contribution in [3.63, 3.8) is 0 Å². The van der Waals surface area contributed by atoms with Crippen molar-refractivity contribution < 1.29 is 23.1 Å². The summed E-state index contributed by atoms with van der Waals surface area (Å²) in [7, 11) is 0. The molecular formula is C15H16F3NO2. The predicted octanol–water partition coefficient (Wildman–Crippen LogP) is 3.94. The van der Waals surface area contributed by atoms with Gasteiger partial charge in [-0.05, 0) is 30.5 Å². The lowest BCUT2D eigenvalue weighted by Crippen LogP contribution is -2.14. The Morgan fingerprint density at radius 1 is 1.33 bits per heavy atom. The van der Waals surface area contributed by atoms with E-state index in [0.29, 0.717) is 23.9 Å². The molecule has 114 valence electrons. The van der Waals surface area contributed by atoms with Crippen LogP contribution in [0.1, 0.15) is 25.1 Å². The molecule has 1 aromatic heterocycles. The molecule has 0 aliphatic rings. The molecule has 0 bridgehead atoms. The largest absolute Gasteiger partial charge is 0.481 e. The summed E-state index contributed by atoms with van der Waals surface area (Å²) in [5.41, 5.74) is 0.530. The summed E-state index contributed by atoms with van der Waals surface area (Å²) in [6.07, 6.45) is -4.09. The van der Waals surface area contributed by atoms with Gasteiger partial charge < -0.3 is 9.67 Å². The maximum Gasteiger partial charge on any atom is 0.416 e. The van der Waals surface area contributed by atoms with E-state index < -0.39 is 23.6 Å². The lowest BCUT2D eigenvalue weighted by molar-refractivity contribution is -0.141. The van der Waals surface area contributed by atoms with E-state index in [1.807, 2.05) is 6.92 Å². The molecule has 0 radical (unpaired) electrons. The Balaban J connectivity index is 2.51. The minimum absolute atomic E-state index is 0.291. The highest BCUT2D eigenvalue weighted by atomic mass is 19.4. The molecule has 0 spiro atoms. The third-order valence-corrected chi connectivity index (χ3v) is 3.57. The maximum absolute atomic E-state index is 12.8. The Bertz CT molecular complexity index is 673. The molecule has 1 unspecified atom stereocenters. The smallest absolute Gasteiger partial charge is 0.416 e. The van der Waals surface area contributed by atoms with Crippen molar-refractivity contribution in [2.24, 2.45) is 5.92 Å². The van der Waals surface area contributed by atoms with E-state index in [2.05, 4.69) is 0 Å². The zero-order valence-electron chi connectivity index (χ0n) is 11.7. The van der Waals surface area contributed by atoms with Gasteiger partial charge in [-0.2, -0.15) is 13.2 Å². The molecule has 0 fully saturated rings. The van der Waals surface area contributed by atoms with Crippen molar-refractivity contribution in [2.45, 2.75) is 33.0 Å². The Morgan fingerprint density at radius 3 is 2.52 bits per heavy atom. The molecule has 1 N–H and O–H groups in total. The fourth-order valence-electron chi connectivity index (χ4n) is 2.43. The van der Waals surface area contributed by atoms with Crippen molar-refractivity contribution in [1.82, 2.24) is 4.57 Å². The predicted molar refractivity (Wildman–Crippen MR) is 73.1 cm³/mol. The monoisotopic (exact) mass is 299 g/mol. The van der Waals surface area contributed by atoms with Gasteiger partial charge in [0, 0.05) is 24.2 Å². The lowest BCUT2D eigenvalue weighted by atomic mass is 10.1. The number of rotatable bonds is 4. The highest BCUT2D eigenvalue weighted by Gasteiger charge is 2.31. The number of hydrogen-bond donors (Lipinski definition) is 1. The fraction of sp³-hybridized carbons (Fsp3) is 0.400. The molecule has 0 saturated heterocycles. The Kier molecular flexibility index (Phi) is 3.98. The number of carboxylic acid groups (broad SMARTS) is 1. The SMILES string of the molecule is CCn1c(CC(C)C(=O)O)cc2ccc(C(F)(F)F)cc21. The number of aromatic nitrogens is 1. The standard InChI is InChI=1S/C15H16F3NO2/c1-3-19-12(6-9(2)14(20)21)7-10-4-5-11(8-13(10)19)15(16,17)18/h4-5,7-9H,3,6H2,1-2H3,(H,20,21). The molecule has 0 amide bonds. The molecule has 1 aromatic carbocycles. The summed E-state index contributed by atoms with van der Waals surface area (Å²) >= 11 is 0. The fourth-order valence-corrected chi connectivity index (χ4v) is 2.43. The van der Waals surface area contributed by atoms with Crippen LogP contribution in [0.4, 0.5) is 13.2 Å². The van der Waals surface area contributed by atoms with Gasteiger partial charge in [0.1, 0.15) is 0 Å². The van der Waals surface area contributed by atoms with Crippen molar-refractivity contribution in [1.29, 1.82) is 0 Å². The molecule has 3 nitrogen and oxygen atoms in total. The normalized spacial score (nSPS) is 13.6. The van der Waals surface area contributed by atoms with Crippen LogP contribution in [0, 0.1) is 5.92 Å². The van der Waals surface area contributed by atoms with Crippen LogP contribution in [0.3, 0.4) is 0 Å². The van der Waals surface area contributed by atoms with E-state index in [1.54, 1.807) is 17.6 Å². The highest BCUT2D eigenvalue weighted by molar-refractivity contribution is 5.82. The zero-order valence-corrected chi connectivity index (χ0v) is 11.7. The molecule has 0 aliphatic heterocycles. The van der Waals surface area contributed by atoms with Crippen LogP contribution in [0.5, 0.6) is 0 Å². The Labute approximate surface area is 120 Å². The average Bonchev–Trinajstić information content (AvgIpc) is 2.73. The van der Waals surface area contributed by atoms with E-state index >= 15 is 0 Å². The maximum atomic E-state index is 12.8. The summed E-state index contributed by atoms with van der Waals surface area (Å²) in [6.45, 7) is 3.91. The second-order valence-electron chi connectivity index (χ2n) is 5.09. The van der Waals surface area contributed by atoms with Gasteiger partial charge in [-0.3, -0.25) is 4.79 Å². The highest BCUT2D eigenvalue weighted by Crippen LogP contribution is 2.32. The number of aliphatic carboxylic acids is 1. The first-order valence-electron chi connectivity index (χ1n) is 6.66. The Hall–Kier alpha value is -1.98. The van der Waals surface area contributed by atoms with Crippen LogP contribution in [0.15, 0.2) is 24.3 Å². The summed E-state index contributed by atoms with van der Waals surface area (Å²) in [5.74, 6) is -1.50. The summed E-state index contributed by atoms with van der Waals surface area (Å²) in [4.78, 5) is 10.9. The van der Waals surface area contributed by atoms with E-state index in [4.69, 9.17) is 5.11 Å². The van der Waals surface area contributed by atoms with Gasteiger partial charge in [-0.25, -0.2) is 0 Å². The number of aryl methyl sites for hydroxylation is 1. The first-order chi connectivity index (χ1) is 9.74. The minimum Gasteiger partial charge on any atom is -0.481 e. The van der Waals surface area contributed by atoms with E-state index in [9.17, 15) is 18.0 Å². The molecule has 0 aliphatic carbocycles. The van der Waals surface area contributed by atoms with Crippen molar-refractivity contribution in [3.8, 4) is 0 Å². The van der Waals surface area contributed by atoms with Crippen molar-refractivity contribution >= 4 is 16.9 Å². The van der Waals surface area contributed by atoms with Crippen molar-refractivity contribution in [2.75, 3.05) is 0 Å². The Morgan fingerprint density at radius 2 is 2.00 bits per heavy atom. The zero-order chi connectivity index (χ0) is 15.8. The molecule has 21 heavy (non-hydrogen) atoms. The van der Waals surface area contributed by atoms with Crippen LogP contribution in [0.25, 0.3) is 10.9 Å². The molecule has 6 heteroatoms. The number of hydrogen-bond acceptors (Lipinski definition) is 1. The first kappa shape index (κ1) is 15.4. The number of alkyl halides is 3. The van der Waals surface area contributed by atoms with Crippen LogP contribution in [-0.4, -0.2) is 15.6 Å². The summed E-state index contributed by atoms with van der Waals surface area (Å²) in [5, 5.41) is 9.67. The third-order valence-electron chi connectivity index (χ3n) is 3.57. The summed E-state index contributed by atoms with van der Waals surface area (Å²) in [6, 6.07) is 5.36. The van der Waals surface area contributed by atoms with Crippen LogP contribution >= 0.6 is 0 Å². The average molecular weight is 299 g/mol. The molecule has 1 heterocycles. The van der Waals surface area contributed by atoms with Gasteiger partial charge in [0.15, 0.2) is 0 Å². The van der Waals surface area contributed by atoms with Gasteiger partial charge in [-0.1, -0.05) is 13.0 Å². The molecular weight excluding hydrogens is 283 g/mol.